The number of nitrogens with zero attached hydrogens (tertiary/aromatic N) is 2. The number of carbonyl (C=O) groups excluding carboxylic acids is 2. The van der Waals surface area contributed by atoms with Crippen LogP contribution < -0.4 is 10.6 Å². The molecular weight excluding hydrogens is 332 g/mol. The van der Waals surface area contributed by atoms with Crippen LogP contribution in [0.1, 0.15) is 17.2 Å². The highest BCUT2D eigenvalue weighted by Crippen LogP contribution is 2.13. The molecule has 138 valence electrons. The van der Waals surface area contributed by atoms with Crippen LogP contribution in [0.25, 0.3) is 0 Å². The summed E-state index contributed by atoms with van der Waals surface area (Å²) < 4.78 is 0. The van der Waals surface area contributed by atoms with E-state index in [9.17, 15) is 14.7 Å². The summed E-state index contributed by atoms with van der Waals surface area (Å²) in [5.74, 6) is -0.578. The van der Waals surface area contributed by atoms with Crippen molar-refractivity contribution in [2.75, 3.05) is 26.7 Å². The third-order valence-corrected chi connectivity index (χ3v) is 3.86. The van der Waals surface area contributed by atoms with Crippen molar-refractivity contribution in [2.45, 2.75) is 12.6 Å². The van der Waals surface area contributed by atoms with Gasteiger partial charge in [0.15, 0.2) is 0 Å². The van der Waals surface area contributed by atoms with Gasteiger partial charge in [-0.1, -0.05) is 36.4 Å². The van der Waals surface area contributed by atoms with E-state index in [-0.39, 0.29) is 25.0 Å². The van der Waals surface area contributed by atoms with Crippen molar-refractivity contribution in [3.8, 4) is 0 Å². The number of rotatable bonds is 9. The zero-order valence-electron chi connectivity index (χ0n) is 14.8. The number of benzene rings is 1. The predicted molar refractivity (Wildman–Crippen MR) is 98.0 cm³/mol. The Labute approximate surface area is 153 Å². The Morgan fingerprint density at radius 1 is 1.19 bits per heavy atom. The summed E-state index contributed by atoms with van der Waals surface area (Å²) in [5.41, 5.74) is 1.65. The first-order chi connectivity index (χ1) is 12.6. The lowest BCUT2D eigenvalue weighted by Crippen LogP contribution is -2.44. The van der Waals surface area contributed by atoms with E-state index in [2.05, 4.69) is 15.6 Å². The SMILES string of the molecule is CNC(=O)[C@@H](NC(=O)CN(CCO)Cc1cccnc1)c1ccccc1. The first kappa shape index (κ1) is 19.6. The van der Waals surface area contributed by atoms with E-state index in [4.69, 9.17) is 0 Å². The molecule has 0 unspecified atom stereocenters. The van der Waals surface area contributed by atoms with Crippen molar-refractivity contribution in [3.63, 3.8) is 0 Å². The van der Waals surface area contributed by atoms with Gasteiger partial charge in [-0.3, -0.25) is 19.5 Å². The van der Waals surface area contributed by atoms with Gasteiger partial charge in [-0.2, -0.15) is 0 Å². The summed E-state index contributed by atoms with van der Waals surface area (Å²) in [5, 5.41) is 14.6. The zero-order chi connectivity index (χ0) is 18.8. The van der Waals surface area contributed by atoms with Crippen LogP contribution in [0.15, 0.2) is 54.9 Å². The quantitative estimate of drug-likeness (QED) is 0.608. The Morgan fingerprint density at radius 3 is 2.58 bits per heavy atom. The number of aliphatic hydroxyl groups is 1. The van der Waals surface area contributed by atoms with E-state index in [1.165, 1.54) is 7.05 Å². The standard InChI is InChI=1S/C19H24N4O3/c1-20-19(26)18(16-7-3-2-4-8-16)22-17(25)14-23(10-11-24)13-15-6-5-9-21-12-15/h2-9,12,18,24H,10-11,13-14H2,1H3,(H,20,26)(H,22,25)/t18-/m0/s1. The molecule has 0 aliphatic heterocycles. The second kappa shape index (κ2) is 10.3. The van der Waals surface area contributed by atoms with E-state index in [1.807, 2.05) is 30.3 Å². The van der Waals surface area contributed by atoms with Gasteiger partial charge < -0.3 is 15.7 Å². The van der Waals surface area contributed by atoms with Crippen molar-refractivity contribution in [1.82, 2.24) is 20.5 Å². The van der Waals surface area contributed by atoms with Crippen LogP contribution in [0.4, 0.5) is 0 Å². The van der Waals surface area contributed by atoms with E-state index in [0.717, 1.165) is 5.56 Å². The van der Waals surface area contributed by atoms with Crippen LogP contribution in [0, 0.1) is 0 Å². The molecule has 2 aromatic rings. The Bertz CT molecular complexity index is 694. The smallest absolute Gasteiger partial charge is 0.246 e. The van der Waals surface area contributed by atoms with Gasteiger partial charge >= 0.3 is 0 Å². The molecular formula is C19H24N4O3. The molecule has 7 heteroatoms. The summed E-state index contributed by atoms with van der Waals surface area (Å²) in [7, 11) is 1.53. The summed E-state index contributed by atoms with van der Waals surface area (Å²) >= 11 is 0. The molecule has 0 bridgehead atoms. The van der Waals surface area contributed by atoms with Gasteiger partial charge in [0, 0.05) is 32.5 Å². The maximum atomic E-state index is 12.5. The molecule has 3 N–H and O–H groups in total. The van der Waals surface area contributed by atoms with Gasteiger partial charge in [0.25, 0.3) is 0 Å². The van der Waals surface area contributed by atoms with Crippen LogP contribution in [0.3, 0.4) is 0 Å². The number of likely N-dealkylation sites (N-methyl/N-ethyl adjacent to an activating group) is 1. The van der Waals surface area contributed by atoms with Crippen LogP contribution in [-0.2, 0) is 16.1 Å². The molecule has 0 saturated heterocycles. The molecule has 0 fully saturated rings. The molecule has 7 nitrogen and oxygen atoms in total. The number of hydrogen-bond donors (Lipinski definition) is 3. The van der Waals surface area contributed by atoms with Gasteiger partial charge in [0.2, 0.25) is 11.8 Å². The zero-order valence-corrected chi connectivity index (χ0v) is 14.8. The minimum Gasteiger partial charge on any atom is -0.395 e. The normalized spacial score (nSPS) is 11.8. The number of amides is 2. The number of aliphatic hydroxyl groups excluding tert-OH is 1. The lowest BCUT2D eigenvalue weighted by atomic mass is 10.1. The summed E-state index contributed by atoms with van der Waals surface area (Å²) in [4.78, 5) is 30.5. The second-order valence-corrected chi connectivity index (χ2v) is 5.82. The molecule has 0 radical (unpaired) electrons. The van der Waals surface area contributed by atoms with Gasteiger partial charge in [0.05, 0.1) is 13.2 Å². The van der Waals surface area contributed by atoms with E-state index in [1.54, 1.807) is 29.4 Å². The lowest BCUT2D eigenvalue weighted by Gasteiger charge is -2.23. The molecule has 2 rings (SSSR count). The Balaban J connectivity index is 2.03. The minimum atomic E-state index is -0.761. The van der Waals surface area contributed by atoms with Crippen molar-refractivity contribution < 1.29 is 14.7 Å². The molecule has 1 atom stereocenters. The minimum absolute atomic E-state index is 0.0644. The fourth-order valence-corrected chi connectivity index (χ4v) is 2.61. The number of hydrogen-bond acceptors (Lipinski definition) is 5. The predicted octanol–water partition coefficient (Wildman–Crippen LogP) is 0.479. The number of pyridine rings is 1. The third kappa shape index (κ3) is 5.94. The number of carbonyl (C=O) groups is 2. The Hall–Kier alpha value is -2.77. The van der Waals surface area contributed by atoms with Crippen molar-refractivity contribution in [2.24, 2.45) is 0 Å². The third-order valence-electron chi connectivity index (χ3n) is 3.86. The van der Waals surface area contributed by atoms with Crippen LogP contribution in [0.5, 0.6) is 0 Å². The molecule has 1 aromatic carbocycles. The molecule has 0 aliphatic rings. The number of nitrogens with one attached hydrogen (secondary N) is 2. The Morgan fingerprint density at radius 2 is 1.96 bits per heavy atom. The van der Waals surface area contributed by atoms with E-state index >= 15 is 0 Å². The highest BCUT2D eigenvalue weighted by molar-refractivity contribution is 5.89. The van der Waals surface area contributed by atoms with Gasteiger partial charge in [0.1, 0.15) is 6.04 Å². The monoisotopic (exact) mass is 356 g/mol. The molecule has 0 aliphatic carbocycles. The van der Waals surface area contributed by atoms with Gasteiger partial charge in [-0.25, -0.2) is 0 Å². The second-order valence-electron chi connectivity index (χ2n) is 5.82. The average molecular weight is 356 g/mol. The molecule has 1 aromatic heterocycles. The fourth-order valence-electron chi connectivity index (χ4n) is 2.61. The van der Waals surface area contributed by atoms with Crippen LogP contribution >= 0.6 is 0 Å². The highest BCUT2D eigenvalue weighted by Gasteiger charge is 2.22. The summed E-state index contributed by atoms with van der Waals surface area (Å²) in [6.45, 7) is 0.830. The highest BCUT2D eigenvalue weighted by atomic mass is 16.3. The average Bonchev–Trinajstić information content (AvgIpc) is 2.67. The molecule has 0 saturated carbocycles. The van der Waals surface area contributed by atoms with Gasteiger partial charge in [-0.15, -0.1) is 0 Å². The summed E-state index contributed by atoms with van der Waals surface area (Å²) in [6, 6.07) is 12.0. The first-order valence-electron chi connectivity index (χ1n) is 8.42. The lowest BCUT2D eigenvalue weighted by molar-refractivity contribution is -0.129. The van der Waals surface area contributed by atoms with Crippen molar-refractivity contribution in [1.29, 1.82) is 0 Å². The fraction of sp³-hybridized carbons (Fsp3) is 0.316. The maximum Gasteiger partial charge on any atom is 0.246 e. The first-order valence-corrected chi connectivity index (χ1v) is 8.42. The summed E-state index contributed by atoms with van der Waals surface area (Å²) in [6.07, 6.45) is 3.40. The molecule has 26 heavy (non-hydrogen) atoms. The number of aromatic nitrogens is 1. The van der Waals surface area contributed by atoms with E-state index in [0.29, 0.717) is 18.7 Å². The van der Waals surface area contributed by atoms with Gasteiger partial charge in [-0.05, 0) is 17.2 Å². The Kier molecular flexibility index (Phi) is 7.73. The molecule has 0 spiro atoms. The maximum absolute atomic E-state index is 12.5. The topological polar surface area (TPSA) is 94.6 Å². The van der Waals surface area contributed by atoms with Crippen molar-refractivity contribution >= 4 is 11.8 Å². The largest absolute Gasteiger partial charge is 0.395 e. The van der Waals surface area contributed by atoms with E-state index < -0.39 is 6.04 Å². The molecule has 2 amide bonds. The van der Waals surface area contributed by atoms with Crippen molar-refractivity contribution in [3.05, 3.63) is 66.0 Å². The van der Waals surface area contributed by atoms with Crippen LogP contribution in [0.2, 0.25) is 0 Å². The molecule has 1 heterocycles. The van der Waals surface area contributed by atoms with Crippen LogP contribution in [-0.4, -0.2) is 53.5 Å².